The first kappa shape index (κ1) is 39.6. The maximum atomic E-state index is 11.9. The number of benzene rings is 3. The van der Waals surface area contributed by atoms with Crippen molar-refractivity contribution < 1.29 is 33.5 Å². The zero-order valence-electron chi connectivity index (χ0n) is 28.5. The molecule has 0 aliphatic carbocycles. The Labute approximate surface area is 301 Å². The number of esters is 2. The SMILES string of the molecule is CCOc1cc(NN(C)c2ccc(N(CCOC(=O)CCCl)CCOC(=O)CCCl)cc2C)c(OCC)cc1N=Nc1ccc([N+](=O)[O-])cc1. The third-order valence-corrected chi connectivity index (χ3v) is 7.41. The zero-order chi connectivity index (χ0) is 36.5. The maximum Gasteiger partial charge on any atom is 0.307 e. The summed E-state index contributed by atoms with van der Waals surface area (Å²) in [5.74, 6) is 0.561. The molecule has 16 heteroatoms. The fraction of sp³-hybridized carbons (Fsp3) is 0.412. The molecule has 3 rings (SSSR count). The van der Waals surface area contributed by atoms with E-state index in [4.69, 9.17) is 42.1 Å². The van der Waals surface area contributed by atoms with Crippen LogP contribution in [-0.4, -0.2) is 75.2 Å². The minimum Gasteiger partial charge on any atom is -0.492 e. The lowest BCUT2D eigenvalue weighted by molar-refractivity contribution is -0.384. The van der Waals surface area contributed by atoms with Crippen molar-refractivity contribution in [3.8, 4) is 11.5 Å². The summed E-state index contributed by atoms with van der Waals surface area (Å²) in [6.07, 6.45) is 0.244. The molecular weight excluding hydrogens is 691 g/mol. The van der Waals surface area contributed by atoms with Crippen molar-refractivity contribution in [2.45, 2.75) is 33.6 Å². The summed E-state index contributed by atoms with van der Waals surface area (Å²) in [6, 6.07) is 15.1. The van der Waals surface area contributed by atoms with Gasteiger partial charge < -0.3 is 23.8 Å². The van der Waals surface area contributed by atoms with Crippen LogP contribution in [0.4, 0.5) is 34.1 Å². The van der Waals surface area contributed by atoms with Crippen LogP contribution >= 0.6 is 23.2 Å². The average molecular weight is 734 g/mol. The minimum atomic E-state index is -0.477. The predicted molar refractivity (Wildman–Crippen MR) is 194 cm³/mol. The van der Waals surface area contributed by atoms with E-state index in [0.717, 1.165) is 16.9 Å². The van der Waals surface area contributed by atoms with E-state index in [0.29, 0.717) is 54.9 Å². The Morgan fingerprint density at radius 3 is 2.00 bits per heavy atom. The van der Waals surface area contributed by atoms with Crippen molar-refractivity contribution in [3.05, 3.63) is 70.3 Å². The quantitative estimate of drug-likeness (QED) is 0.0376. The van der Waals surface area contributed by atoms with Gasteiger partial charge in [-0.1, -0.05) is 0 Å². The molecule has 0 fully saturated rings. The number of carbonyl (C=O) groups is 2. The number of nitrogens with zero attached hydrogens (tertiary/aromatic N) is 5. The first-order valence-corrected chi connectivity index (χ1v) is 17.1. The predicted octanol–water partition coefficient (Wildman–Crippen LogP) is 7.73. The summed E-state index contributed by atoms with van der Waals surface area (Å²) in [6.45, 7) is 7.48. The summed E-state index contributed by atoms with van der Waals surface area (Å²) < 4.78 is 22.5. The topological polar surface area (TPSA) is 157 Å². The second-order valence-electron chi connectivity index (χ2n) is 10.6. The molecule has 0 bridgehead atoms. The third-order valence-electron chi connectivity index (χ3n) is 7.04. The summed E-state index contributed by atoms with van der Waals surface area (Å²) in [7, 11) is 1.87. The Kier molecular flexibility index (Phi) is 16.4. The highest BCUT2D eigenvalue weighted by molar-refractivity contribution is 6.19. The number of nitro groups is 1. The maximum absolute atomic E-state index is 11.9. The largest absolute Gasteiger partial charge is 0.492 e. The minimum absolute atomic E-state index is 0.0402. The number of nitro benzene ring substituents is 1. The van der Waals surface area contributed by atoms with Crippen molar-refractivity contribution in [1.29, 1.82) is 0 Å². The molecule has 0 atom stereocenters. The lowest BCUT2D eigenvalue weighted by Crippen LogP contribution is -2.32. The van der Waals surface area contributed by atoms with Crippen LogP contribution in [0.2, 0.25) is 0 Å². The first-order valence-electron chi connectivity index (χ1n) is 16.0. The molecular formula is C34H42Cl2N6O8. The summed E-state index contributed by atoms with van der Waals surface area (Å²) in [4.78, 5) is 36.2. The van der Waals surface area contributed by atoms with E-state index in [1.54, 1.807) is 12.1 Å². The Morgan fingerprint density at radius 2 is 1.46 bits per heavy atom. The second-order valence-corrected chi connectivity index (χ2v) is 11.4. The molecule has 3 aromatic rings. The number of halogens is 2. The van der Waals surface area contributed by atoms with Gasteiger partial charge in [-0.25, -0.2) is 0 Å². The standard InChI is InChI=1S/C34H42Cl2N6O8/c1-5-47-31-23-29(32(48-6-2)22-28(31)38-37-25-7-9-26(10-8-25)42(45)46)39-40(4)30-12-11-27(21-24(30)3)41(17-19-49-33(43)13-15-35)18-20-50-34(44)14-16-36/h7-12,21-23,39H,5-6,13-20H2,1-4H3. The number of aryl methyl sites for hydroxylation is 1. The molecule has 0 heterocycles. The van der Waals surface area contributed by atoms with Crippen molar-refractivity contribution in [2.24, 2.45) is 10.2 Å². The van der Waals surface area contributed by atoms with Crippen LogP contribution in [0.1, 0.15) is 32.3 Å². The second kappa shape index (κ2) is 20.6. The van der Waals surface area contributed by atoms with Gasteiger partial charge in [0, 0.05) is 48.8 Å². The van der Waals surface area contributed by atoms with E-state index >= 15 is 0 Å². The van der Waals surface area contributed by atoms with Crippen molar-refractivity contribution in [1.82, 2.24) is 0 Å². The number of ether oxygens (including phenoxy) is 4. The van der Waals surface area contributed by atoms with Gasteiger partial charge in [-0.05, 0) is 56.7 Å². The molecule has 0 unspecified atom stereocenters. The molecule has 14 nitrogen and oxygen atoms in total. The molecule has 0 saturated heterocycles. The number of carbonyl (C=O) groups excluding carboxylic acids is 2. The van der Waals surface area contributed by atoms with Gasteiger partial charge in [-0.15, -0.1) is 28.3 Å². The van der Waals surface area contributed by atoms with Crippen LogP contribution < -0.4 is 24.8 Å². The molecule has 1 N–H and O–H groups in total. The molecule has 0 amide bonds. The van der Waals surface area contributed by atoms with Crippen molar-refractivity contribution in [2.75, 3.05) is 73.7 Å². The van der Waals surface area contributed by atoms with Crippen LogP contribution in [-0.2, 0) is 19.1 Å². The van der Waals surface area contributed by atoms with Gasteiger partial charge in [0.1, 0.15) is 36.1 Å². The van der Waals surface area contributed by atoms with E-state index in [-0.39, 0.29) is 55.4 Å². The highest BCUT2D eigenvalue weighted by Gasteiger charge is 2.17. The fourth-order valence-corrected chi connectivity index (χ4v) is 4.98. The first-order chi connectivity index (χ1) is 24.1. The van der Waals surface area contributed by atoms with Crippen LogP contribution in [0.15, 0.2) is 64.8 Å². The Balaban J connectivity index is 1.83. The van der Waals surface area contributed by atoms with E-state index < -0.39 is 4.92 Å². The van der Waals surface area contributed by atoms with E-state index in [1.807, 2.05) is 55.9 Å². The number of rotatable bonds is 21. The van der Waals surface area contributed by atoms with E-state index in [9.17, 15) is 19.7 Å². The lowest BCUT2D eigenvalue weighted by Gasteiger charge is -2.28. The van der Waals surface area contributed by atoms with Gasteiger partial charge in [0.25, 0.3) is 5.69 Å². The molecule has 3 aromatic carbocycles. The zero-order valence-corrected chi connectivity index (χ0v) is 30.0. The Hall–Kier alpha value is -4.82. The van der Waals surface area contributed by atoms with Crippen LogP contribution in [0.3, 0.4) is 0 Å². The molecule has 0 aromatic heterocycles. The van der Waals surface area contributed by atoms with Crippen LogP contribution in [0, 0.1) is 17.0 Å². The Morgan fingerprint density at radius 1 is 0.860 bits per heavy atom. The number of azo groups is 1. The monoisotopic (exact) mass is 732 g/mol. The molecule has 0 saturated carbocycles. The average Bonchev–Trinajstić information content (AvgIpc) is 3.08. The third kappa shape index (κ3) is 12.3. The van der Waals surface area contributed by atoms with Gasteiger partial charge in [-0.3, -0.25) is 30.1 Å². The lowest BCUT2D eigenvalue weighted by atomic mass is 10.1. The molecule has 0 spiro atoms. The number of alkyl halides is 2. The van der Waals surface area contributed by atoms with Gasteiger partial charge in [0.05, 0.1) is 55.4 Å². The summed E-state index contributed by atoms with van der Waals surface area (Å²) >= 11 is 11.3. The fourth-order valence-electron chi connectivity index (χ4n) is 4.67. The van der Waals surface area contributed by atoms with E-state index in [2.05, 4.69) is 15.7 Å². The molecule has 270 valence electrons. The number of anilines is 3. The Bertz CT molecular complexity index is 1590. The number of non-ortho nitro benzene ring substituents is 1. The number of hydrazine groups is 1. The van der Waals surface area contributed by atoms with Gasteiger partial charge in [-0.2, -0.15) is 5.11 Å². The molecule has 0 aliphatic heterocycles. The molecule has 50 heavy (non-hydrogen) atoms. The number of nitrogens with one attached hydrogen (secondary N) is 1. The highest BCUT2D eigenvalue weighted by Crippen LogP contribution is 2.40. The van der Waals surface area contributed by atoms with Gasteiger partial charge in [0.15, 0.2) is 0 Å². The smallest absolute Gasteiger partial charge is 0.307 e. The van der Waals surface area contributed by atoms with Crippen LogP contribution in [0.5, 0.6) is 11.5 Å². The molecule has 0 aliphatic rings. The number of hydrogen-bond acceptors (Lipinski definition) is 13. The normalized spacial score (nSPS) is 10.8. The van der Waals surface area contributed by atoms with E-state index in [1.165, 1.54) is 24.3 Å². The summed E-state index contributed by atoms with van der Waals surface area (Å²) in [5.41, 5.74) is 7.45. The highest BCUT2D eigenvalue weighted by atomic mass is 35.5. The molecule has 0 radical (unpaired) electrons. The van der Waals surface area contributed by atoms with Gasteiger partial charge >= 0.3 is 11.9 Å². The van der Waals surface area contributed by atoms with Gasteiger partial charge in [0.2, 0.25) is 0 Å². The van der Waals surface area contributed by atoms with Crippen molar-refractivity contribution >= 4 is 69.3 Å². The van der Waals surface area contributed by atoms with Crippen LogP contribution in [0.25, 0.3) is 0 Å². The summed E-state index contributed by atoms with van der Waals surface area (Å²) in [5, 5.41) is 21.4. The number of hydrogen-bond donors (Lipinski definition) is 1. The van der Waals surface area contributed by atoms with Crippen molar-refractivity contribution in [3.63, 3.8) is 0 Å².